The highest BCUT2D eigenvalue weighted by atomic mass is 32.1. The van der Waals surface area contributed by atoms with Crippen molar-refractivity contribution >= 4 is 34.2 Å². The number of carbonyl (C=O) groups is 2. The van der Waals surface area contributed by atoms with E-state index >= 15 is 4.39 Å². The molecule has 2 aliphatic carbocycles. The number of likely N-dealkylation sites (N-methyl/N-ethyl adjacent to an activating group) is 1. The number of hydrogen-bond donors (Lipinski definition) is 1. The van der Waals surface area contributed by atoms with Gasteiger partial charge in [0.25, 0.3) is 0 Å². The van der Waals surface area contributed by atoms with E-state index in [9.17, 15) is 19.1 Å². The first-order chi connectivity index (χ1) is 20.8. The van der Waals surface area contributed by atoms with Crippen molar-refractivity contribution in [1.82, 2.24) is 9.97 Å². The fourth-order valence-electron chi connectivity index (χ4n) is 6.15. The molecule has 2 fully saturated rings. The van der Waals surface area contributed by atoms with Gasteiger partial charge in [-0.3, -0.25) is 14.5 Å². The SMILES string of the molecule is CN1CCOc2cc(-c3ccc(OCF)cc3-c3nc(N(C(=O)[C@@H](CC(=O)O)CC4CCCC4)C4CC4)sc3F)cnc21. The Bertz CT molecular complexity index is 1510. The number of carboxylic acids is 1. The Morgan fingerprint density at radius 1 is 1.21 bits per heavy atom. The lowest BCUT2D eigenvalue weighted by molar-refractivity contribution is -0.141. The Hall–Kier alpha value is -3.80. The van der Waals surface area contributed by atoms with Crippen LogP contribution < -0.4 is 19.3 Å². The fraction of sp³-hybridized carbons (Fsp3) is 0.484. The number of alkyl halides is 1. The zero-order valence-corrected chi connectivity index (χ0v) is 24.7. The molecule has 3 aliphatic rings. The van der Waals surface area contributed by atoms with Crippen LogP contribution in [0.15, 0.2) is 30.5 Å². The maximum absolute atomic E-state index is 15.8. The maximum Gasteiger partial charge on any atom is 0.304 e. The lowest BCUT2D eigenvalue weighted by Crippen LogP contribution is -2.39. The number of thiazole rings is 1. The van der Waals surface area contributed by atoms with Gasteiger partial charge in [-0.2, -0.15) is 4.39 Å². The first-order valence-electron chi connectivity index (χ1n) is 14.7. The van der Waals surface area contributed by atoms with Crippen molar-refractivity contribution in [2.45, 2.75) is 57.4 Å². The zero-order valence-electron chi connectivity index (χ0n) is 23.9. The number of nitrogens with zero attached hydrogens (tertiary/aromatic N) is 4. The molecule has 12 heteroatoms. The minimum absolute atomic E-state index is 0.000840. The first kappa shape index (κ1) is 29.3. The summed E-state index contributed by atoms with van der Waals surface area (Å²) in [4.78, 5) is 38.4. The van der Waals surface area contributed by atoms with E-state index in [0.29, 0.717) is 53.7 Å². The number of carbonyl (C=O) groups excluding carboxylic acids is 1. The van der Waals surface area contributed by atoms with Gasteiger partial charge in [0.2, 0.25) is 17.9 Å². The Balaban J connectivity index is 1.37. The van der Waals surface area contributed by atoms with Gasteiger partial charge in [0, 0.05) is 36.3 Å². The second-order valence-electron chi connectivity index (χ2n) is 11.5. The van der Waals surface area contributed by atoms with Crippen molar-refractivity contribution in [2.75, 3.05) is 36.9 Å². The number of anilines is 2. The molecule has 1 atom stereocenters. The molecule has 1 amide bonds. The summed E-state index contributed by atoms with van der Waals surface area (Å²) in [5.74, 6) is -0.236. The largest absolute Gasteiger partial charge is 0.488 e. The summed E-state index contributed by atoms with van der Waals surface area (Å²) in [7, 11) is 1.93. The van der Waals surface area contributed by atoms with Crippen LogP contribution in [0, 0.1) is 17.0 Å². The van der Waals surface area contributed by atoms with Gasteiger partial charge in [-0.15, -0.1) is 0 Å². The molecular weight excluding hydrogens is 578 g/mol. The van der Waals surface area contributed by atoms with Crippen molar-refractivity contribution in [1.29, 1.82) is 0 Å². The number of halogens is 2. The summed E-state index contributed by atoms with van der Waals surface area (Å²) in [6, 6.07) is 6.50. The van der Waals surface area contributed by atoms with Crippen molar-refractivity contribution in [3.05, 3.63) is 35.6 Å². The predicted molar refractivity (Wildman–Crippen MR) is 159 cm³/mol. The average Bonchev–Trinajstić information content (AvgIpc) is 3.54. The topological polar surface area (TPSA) is 105 Å². The first-order valence-corrected chi connectivity index (χ1v) is 15.5. The molecule has 3 aromatic rings. The summed E-state index contributed by atoms with van der Waals surface area (Å²) in [6.07, 6.45) is 7.54. The summed E-state index contributed by atoms with van der Waals surface area (Å²) < 4.78 is 39.9. The van der Waals surface area contributed by atoms with E-state index in [1.807, 2.05) is 18.0 Å². The maximum atomic E-state index is 15.8. The molecule has 0 unspecified atom stereocenters. The number of benzene rings is 1. The number of pyridine rings is 1. The van der Waals surface area contributed by atoms with Crippen LogP contribution in [-0.4, -0.2) is 60.1 Å². The lowest BCUT2D eigenvalue weighted by atomic mass is 9.90. The molecule has 0 radical (unpaired) electrons. The molecule has 43 heavy (non-hydrogen) atoms. The van der Waals surface area contributed by atoms with Crippen LogP contribution in [0.5, 0.6) is 11.5 Å². The smallest absolute Gasteiger partial charge is 0.304 e. The van der Waals surface area contributed by atoms with Crippen LogP contribution in [0.25, 0.3) is 22.4 Å². The third kappa shape index (κ3) is 6.29. The summed E-state index contributed by atoms with van der Waals surface area (Å²) in [5.41, 5.74) is 1.59. The number of ether oxygens (including phenoxy) is 2. The van der Waals surface area contributed by atoms with Gasteiger partial charge in [-0.05, 0) is 55.0 Å². The van der Waals surface area contributed by atoms with E-state index < -0.39 is 23.9 Å². The molecule has 6 rings (SSSR count). The van der Waals surface area contributed by atoms with E-state index in [-0.39, 0.29) is 34.9 Å². The van der Waals surface area contributed by atoms with Crippen molar-refractivity contribution in [2.24, 2.45) is 11.8 Å². The number of hydrogen-bond acceptors (Lipinski definition) is 8. The number of aromatic nitrogens is 2. The molecule has 1 aliphatic heterocycles. The van der Waals surface area contributed by atoms with Crippen LogP contribution in [0.4, 0.5) is 19.7 Å². The number of carboxylic acid groups (broad SMARTS) is 1. The molecule has 2 saturated carbocycles. The molecule has 1 aromatic carbocycles. The van der Waals surface area contributed by atoms with Crippen LogP contribution in [0.3, 0.4) is 0 Å². The Morgan fingerprint density at radius 3 is 2.72 bits per heavy atom. The summed E-state index contributed by atoms with van der Waals surface area (Å²) in [5, 5.41) is 9.19. The van der Waals surface area contributed by atoms with Crippen molar-refractivity contribution < 1.29 is 33.0 Å². The average molecular weight is 613 g/mol. The van der Waals surface area contributed by atoms with E-state index in [1.165, 1.54) is 11.0 Å². The Kier molecular flexibility index (Phi) is 8.47. The second kappa shape index (κ2) is 12.4. The summed E-state index contributed by atoms with van der Waals surface area (Å²) in [6.45, 7) is 0.153. The minimum Gasteiger partial charge on any atom is -0.488 e. The number of aliphatic carboxylic acids is 1. The highest BCUT2D eigenvalue weighted by Gasteiger charge is 2.40. The zero-order chi connectivity index (χ0) is 30.1. The van der Waals surface area contributed by atoms with Gasteiger partial charge < -0.3 is 19.5 Å². The molecule has 0 saturated heterocycles. The summed E-state index contributed by atoms with van der Waals surface area (Å²) >= 11 is 0.757. The van der Waals surface area contributed by atoms with Crippen LogP contribution >= 0.6 is 11.3 Å². The van der Waals surface area contributed by atoms with Gasteiger partial charge in [0.1, 0.15) is 18.1 Å². The van der Waals surface area contributed by atoms with Crippen molar-refractivity contribution in [3.8, 4) is 33.9 Å². The third-order valence-electron chi connectivity index (χ3n) is 8.45. The van der Waals surface area contributed by atoms with E-state index in [4.69, 9.17) is 9.47 Å². The minimum atomic E-state index is -1.06. The number of rotatable bonds is 11. The fourth-order valence-corrected chi connectivity index (χ4v) is 7.04. The molecule has 2 aromatic heterocycles. The quantitative estimate of drug-likeness (QED) is 0.269. The monoisotopic (exact) mass is 612 g/mol. The van der Waals surface area contributed by atoms with Crippen LogP contribution in [0.1, 0.15) is 51.4 Å². The molecule has 9 nitrogen and oxygen atoms in total. The number of amides is 1. The normalized spacial score (nSPS) is 17.3. The van der Waals surface area contributed by atoms with E-state index in [2.05, 4.69) is 9.97 Å². The highest BCUT2D eigenvalue weighted by molar-refractivity contribution is 7.14. The Labute approximate surface area is 252 Å². The molecule has 0 bridgehead atoms. The van der Waals surface area contributed by atoms with Gasteiger partial charge >= 0.3 is 5.97 Å². The van der Waals surface area contributed by atoms with E-state index in [0.717, 1.165) is 49.9 Å². The lowest BCUT2D eigenvalue weighted by Gasteiger charge is -2.26. The van der Waals surface area contributed by atoms with Gasteiger partial charge in [-0.25, -0.2) is 14.4 Å². The van der Waals surface area contributed by atoms with Gasteiger partial charge in [-0.1, -0.05) is 37.0 Å². The van der Waals surface area contributed by atoms with E-state index in [1.54, 1.807) is 18.3 Å². The predicted octanol–water partition coefficient (Wildman–Crippen LogP) is 6.31. The standard InChI is InChI=1S/C31H34F2N4O5S/c1-36-10-11-41-25-13-20(16-34-29(25)36)23-9-8-22(42-17-32)15-24(23)27-28(33)43-31(35-27)37(21-6-7-21)30(40)19(14-26(38)39)12-18-4-2-3-5-18/h8-9,13,15-16,18-19,21H,2-7,10-12,14,17H2,1H3,(H,38,39)/t19-/m1/s1. The van der Waals surface area contributed by atoms with Crippen LogP contribution in [0.2, 0.25) is 0 Å². The Morgan fingerprint density at radius 2 is 2.00 bits per heavy atom. The van der Waals surface area contributed by atoms with Crippen molar-refractivity contribution in [3.63, 3.8) is 0 Å². The second-order valence-corrected chi connectivity index (χ2v) is 12.4. The van der Waals surface area contributed by atoms with Crippen LogP contribution in [-0.2, 0) is 9.59 Å². The molecule has 1 N–H and O–H groups in total. The molecule has 0 spiro atoms. The van der Waals surface area contributed by atoms with Gasteiger partial charge in [0.05, 0.1) is 13.0 Å². The molecule has 3 heterocycles. The third-order valence-corrected chi connectivity index (χ3v) is 9.29. The molecular formula is C31H34F2N4O5S. The van der Waals surface area contributed by atoms with Gasteiger partial charge in [0.15, 0.2) is 16.7 Å². The number of fused-ring (bicyclic) bond motifs is 1. The molecule has 228 valence electrons. The highest BCUT2D eigenvalue weighted by Crippen LogP contribution is 2.44.